The van der Waals surface area contributed by atoms with Gasteiger partial charge in [0.05, 0.1) is 12.9 Å². The van der Waals surface area contributed by atoms with Crippen molar-refractivity contribution in [3.8, 4) is 5.75 Å². The van der Waals surface area contributed by atoms with Crippen LogP contribution in [-0.4, -0.2) is 39.9 Å². The highest BCUT2D eigenvalue weighted by Gasteiger charge is 2.19. The summed E-state index contributed by atoms with van der Waals surface area (Å²) in [5.41, 5.74) is 0.250. The molecule has 0 bridgehead atoms. The van der Waals surface area contributed by atoms with E-state index in [2.05, 4.69) is 20.5 Å². The zero-order valence-electron chi connectivity index (χ0n) is 14.0. The highest BCUT2D eigenvalue weighted by molar-refractivity contribution is 7.99. The minimum Gasteiger partial charge on any atom is -0.497 e. The van der Waals surface area contributed by atoms with Crippen LogP contribution < -0.4 is 10.1 Å². The monoisotopic (exact) mass is 348 g/mol. The average Bonchev–Trinajstić information content (AvgIpc) is 3.02. The van der Waals surface area contributed by atoms with E-state index in [1.54, 1.807) is 31.4 Å². The number of carbonyl (C=O) groups excluding carboxylic acids is 2. The van der Waals surface area contributed by atoms with E-state index in [1.807, 2.05) is 20.8 Å². The molecule has 8 heteroatoms. The van der Waals surface area contributed by atoms with Crippen molar-refractivity contribution in [2.24, 2.45) is 0 Å². The third kappa shape index (κ3) is 4.82. The van der Waals surface area contributed by atoms with Gasteiger partial charge in [-0.25, -0.2) is 4.98 Å². The lowest BCUT2D eigenvalue weighted by molar-refractivity contribution is -0.117. The smallest absolute Gasteiger partial charge is 0.257 e. The van der Waals surface area contributed by atoms with Crippen molar-refractivity contribution in [3.63, 3.8) is 0 Å². The zero-order valence-corrected chi connectivity index (χ0v) is 14.9. The van der Waals surface area contributed by atoms with Gasteiger partial charge in [-0.1, -0.05) is 32.5 Å². The average molecular weight is 348 g/mol. The van der Waals surface area contributed by atoms with E-state index < -0.39 is 11.8 Å². The number of H-pyrrole nitrogens is 1. The van der Waals surface area contributed by atoms with Crippen LogP contribution in [0.3, 0.4) is 0 Å². The van der Waals surface area contributed by atoms with Crippen LogP contribution in [0.2, 0.25) is 0 Å². The van der Waals surface area contributed by atoms with Gasteiger partial charge in [0.15, 0.2) is 0 Å². The molecule has 7 nitrogen and oxygen atoms in total. The predicted octanol–water partition coefficient (Wildman–Crippen LogP) is 2.16. The van der Waals surface area contributed by atoms with Crippen LogP contribution in [0.5, 0.6) is 5.75 Å². The molecule has 2 amide bonds. The van der Waals surface area contributed by atoms with Crippen LogP contribution in [0.25, 0.3) is 0 Å². The summed E-state index contributed by atoms with van der Waals surface area (Å²) in [4.78, 5) is 28.2. The molecule has 128 valence electrons. The zero-order chi connectivity index (χ0) is 17.7. The van der Waals surface area contributed by atoms with Gasteiger partial charge in [-0.3, -0.25) is 20.0 Å². The summed E-state index contributed by atoms with van der Waals surface area (Å²) in [6.07, 6.45) is 0. The van der Waals surface area contributed by atoms with E-state index in [0.717, 1.165) is 5.82 Å². The molecule has 0 saturated carbocycles. The fourth-order valence-corrected chi connectivity index (χ4v) is 2.35. The summed E-state index contributed by atoms with van der Waals surface area (Å²) in [6.45, 7) is 6.05. The molecule has 0 fully saturated rings. The molecule has 1 heterocycles. The predicted molar refractivity (Wildman–Crippen MR) is 91.3 cm³/mol. The molecular weight excluding hydrogens is 328 g/mol. The maximum absolute atomic E-state index is 12.0. The second kappa shape index (κ2) is 7.48. The Morgan fingerprint density at radius 3 is 2.46 bits per heavy atom. The fourth-order valence-electron chi connectivity index (χ4n) is 1.75. The number of nitrogens with one attached hydrogen (secondary N) is 2. The van der Waals surface area contributed by atoms with Crippen LogP contribution in [0.1, 0.15) is 37.0 Å². The molecule has 24 heavy (non-hydrogen) atoms. The minimum absolute atomic E-state index is 0.0589. The number of thioether (sulfide) groups is 1. The van der Waals surface area contributed by atoms with Gasteiger partial charge in [0.1, 0.15) is 11.6 Å². The minimum atomic E-state index is -0.450. The van der Waals surface area contributed by atoms with E-state index >= 15 is 0 Å². The maximum atomic E-state index is 12.0. The van der Waals surface area contributed by atoms with Crippen LogP contribution >= 0.6 is 11.8 Å². The highest BCUT2D eigenvalue weighted by Crippen LogP contribution is 2.20. The molecule has 0 aliphatic carbocycles. The second-order valence-corrected chi connectivity index (χ2v) is 7.05. The number of nitrogens with zero attached hydrogens (tertiary/aromatic N) is 2. The molecule has 0 unspecified atom stereocenters. The standard InChI is InChI=1S/C16H20N4O3S/c1-16(2,3)14-18-15(20-19-14)24-9-12(21)17-13(22)10-5-7-11(23-4)8-6-10/h5-8H,9H2,1-4H3,(H,17,21,22)(H,18,19,20). The van der Waals surface area contributed by atoms with Gasteiger partial charge in [-0.2, -0.15) is 0 Å². The summed E-state index contributed by atoms with van der Waals surface area (Å²) < 4.78 is 5.02. The Balaban J connectivity index is 1.86. The Kier molecular flexibility index (Phi) is 5.61. The lowest BCUT2D eigenvalue weighted by Gasteiger charge is -2.12. The van der Waals surface area contributed by atoms with Crippen molar-refractivity contribution in [2.75, 3.05) is 12.9 Å². The summed E-state index contributed by atoms with van der Waals surface area (Å²) >= 11 is 1.17. The number of benzene rings is 1. The van der Waals surface area contributed by atoms with Crippen molar-refractivity contribution in [1.29, 1.82) is 0 Å². The molecule has 0 aliphatic heterocycles. The molecule has 2 N–H and O–H groups in total. The highest BCUT2D eigenvalue weighted by atomic mass is 32.2. The Morgan fingerprint density at radius 2 is 1.92 bits per heavy atom. The second-order valence-electron chi connectivity index (χ2n) is 6.11. The Labute approximate surface area is 144 Å². The van der Waals surface area contributed by atoms with Crippen LogP contribution in [-0.2, 0) is 10.2 Å². The van der Waals surface area contributed by atoms with Gasteiger partial charge < -0.3 is 4.74 Å². The van der Waals surface area contributed by atoms with Crippen molar-refractivity contribution in [3.05, 3.63) is 35.7 Å². The van der Waals surface area contributed by atoms with Crippen molar-refractivity contribution in [1.82, 2.24) is 20.5 Å². The van der Waals surface area contributed by atoms with E-state index in [0.29, 0.717) is 16.5 Å². The van der Waals surface area contributed by atoms with E-state index in [4.69, 9.17) is 4.74 Å². The molecule has 0 saturated heterocycles. The van der Waals surface area contributed by atoms with Gasteiger partial charge in [0.2, 0.25) is 11.1 Å². The number of amides is 2. The molecule has 1 aromatic carbocycles. The van der Waals surface area contributed by atoms with Crippen LogP contribution in [0, 0.1) is 0 Å². The first-order valence-electron chi connectivity index (χ1n) is 7.33. The number of methoxy groups -OCH3 is 1. The first-order chi connectivity index (χ1) is 11.3. The molecule has 1 aromatic heterocycles. The Morgan fingerprint density at radius 1 is 1.25 bits per heavy atom. The SMILES string of the molecule is COc1ccc(C(=O)NC(=O)CSc2n[nH]c(C(C)(C)C)n2)cc1. The fraction of sp³-hybridized carbons (Fsp3) is 0.375. The quantitative estimate of drug-likeness (QED) is 0.804. The van der Waals surface area contributed by atoms with Gasteiger partial charge in [0.25, 0.3) is 5.91 Å². The number of hydrogen-bond acceptors (Lipinski definition) is 6. The lowest BCUT2D eigenvalue weighted by Crippen LogP contribution is -2.31. The topological polar surface area (TPSA) is 97.0 Å². The van der Waals surface area contributed by atoms with Crippen molar-refractivity contribution >= 4 is 23.6 Å². The van der Waals surface area contributed by atoms with E-state index in [9.17, 15) is 9.59 Å². The third-order valence-electron chi connectivity index (χ3n) is 3.11. The molecular formula is C16H20N4O3S. The largest absolute Gasteiger partial charge is 0.497 e. The van der Waals surface area contributed by atoms with Gasteiger partial charge >= 0.3 is 0 Å². The number of hydrogen-bond donors (Lipinski definition) is 2. The number of aromatic amines is 1. The third-order valence-corrected chi connectivity index (χ3v) is 3.96. The van der Waals surface area contributed by atoms with E-state index in [1.165, 1.54) is 11.8 Å². The number of aromatic nitrogens is 3. The van der Waals surface area contributed by atoms with Crippen LogP contribution in [0.4, 0.5) is 0 Å². The number of rotatable bonds is 5. The van der Waals surface area contributed by atoms with Gasteiger partial charge in [0, 0.05) is 11.0 Å². The molecule has 2 rings (SSSR count). The van der Waals surface area contributed by atoms with Crippen molar-refractivity contribution < 1.29 is 14.3 Å². The summed E-state index contributed by atoms with van der Waals surface area (Å²) in [7, 11) is 1.55. The molecule has 0 spiro atoms. The molecule has 2 aromatic rings. The number of ether oxygens (including phenoxy) is 1. The van der Waals surface area contributed by atoms with Gasteiger partial charge in [-0.15, -0.1) is 5.10 Å². The number of carbonyl (C=O) groups is 2. The first kappa shape index (κ1) is 18.0. The summed E-state index contributed by atoms with van der Waals surface area (Å²) in [5.74, 6) is 0.604. The normalized spacial score (nSPS) is 11.2. The Hall–Kier alpha value is -2.35. The lowest BCUT2D eigenvalue weighted by atomic mass is 9.96. The number of imide groups is 1. The molecule has 0 atom stereocenters. The first-order valence-corrected chi connectivity index (χ1v) is 8.32. The van der Waals surface area contributed by atoms with Crippen LogP contribution in [0.15, 0.2) is 29.4 Å². The van der Waals surface area contributed by atoms with Gasteiger partial charge in [-0.05, 0) is 24.3 Å². The Bertz CT molecular complexity index is 720. The van der Waals surface area contributed by atoms with E-state index in [-0.39, 0.29) is 11.2 Å². The molecule has 0 radical (unpaired) electrons. The summed E-state index contributed by atoms with van der Waals surface area (Å²) in [6, 6.07) is 6.52. The maximum Gasteiger partial charge on any atom is 0.257 e. The molecule has 0 aliphatic rings. The van der Waals surface area contributed by atoms with Crippen molar-refractivity contribution in [2.45, 2.75) is 31.3 Å². The summed E-state index contributed by atoms with van der Waals surface area (Å²) in [5, 5.41) is 9.73.